The number of fused-ring (bicyclic) bond motifs is 1. The maximum absolute atomic E-state index is 12.0. The van der Waals surface area contributed by atoms with Crippen molar-refractivity contribution in [1.29, 1.82) is 5.26 Å². The van der Waals surface area contributed by atoms with E-state index in [0.717, 1.165) is 10.8 Å². The summed E-state index contributed by atoms with van der Waals surface area (Å²) in [6.07, 6.45) is 3.24. The summed E-state index contributed by atoms with van der Waals surface area (Å²) in [6.45, 7) is 0.500. The van der Waals surface area contributed by atoms with E-state index in [2.05, 4.69) is 15.3 Å². The lowest BCUT2D eigenvalue weighted by Crippen LogP contribution is -2.15. The summed E-state index contributed by atoms with van der Waals surface area (Å²) in [5.41, 5.74) is 0.712. The minimum atomic E-state index is -0.482. The summed E-state index contributed by atoms with van der Waals surface area (Å²) in [4.78, 5) is 20.2. The van der Waals surface area contributed by atoms with Gasteiger partial charge in [0.05, 0.1) is 12.1 Å². The topological polar surface area (TPSA) is 87.9 Å². The lowest BCUT2D eigenvalue weighted by Gasteiger charge is -2.08. The predicted octanol–water partition coefficient (Wildman–Crippen LogP) is 2.77. The molecule has 2 heterocycles. The Labute approximate surface area is 138 Å². The maximum atomic E-state index is 12.0. The molecule has 0 aliphatic rings. The van der Waals surface area contributed by atoms with Crippen molar-refractivity contribution >= 4 is 22.6 Å². The molecular weight excluding hydrogens is 304 g/mol. The highest BCUT2D eigenvalue weighted by Gasteiger charge is 2.09. The molecule has 0 unspecified atom stereocenters. The van der Waals surface area contributed by atoms with Crippen molar-refractivity contribution in [2.45, 2.75) is 0 Å². The van der Waals surface area contributed by atoms with Crippen LogP contribution in [-0.4, -0.2) is 29.1 Å². The van der Waals surface area contributed by atoms with E-state index in [-0.39, 0.29) is 12.3 Å². The van der Waals surface area contributed by atoms with Crippen LogP contribution in [0.2, 0.25) is 0 Å². The molecule has 0 amide bonds. The number of nitrogens with one attached hydrogen (secondary N) is 1. The van der Waals surface area contributed by atoms with Crippen LogP contribution in [0.5, 0.6) is 0 Å². The summed E-state index contributed by atoms with van der Waals surface area (Å²) in [5.74, 6) is -0.0102. The molecule has 0 saturated carbocycles. The maximum Gasteiger partial charge on any atom is 0.357 e. The van der Waals surface area contributed by atoms with E-state index >= 15 is 0 Å². The highest BCUT2D eigenvalue weighted by molar-refractivity contribution is 5.92. The lowest BCUT2D eigenvalue weighted by molar-refractivity contribution is 0.0514. The van der Waals surface area contributed by atoms with E-state index in [1.165, 1.54) is 0 Å². The molecule has 24 heavy (non-hydrogen) atoms. The van der Waals surface area contributed by atoms with Crippen molar-refractivity contribution in [3.8, 4) is 6.07 Å². The largest absolute Gasteiger partial charge is 0.459 e. The monoisotopic (exact) mass is 318 g/mol. The molecule has 0 radical (unpaired) electrons. The molecule has 1 aromatic carbocycles. The minimum Gasteiger partial charge on any atom is -0.459 e. The Morgan fingerprint density at radius 3 is 2.83 bits per heavy atom. The molecule has 0 aliphatic carbocycles. The number of anilines is 1. The molecule has 0 fully saturated rings. The van der Waals surface area contributed by atoms with E-state index < -0.39 is 5.97 Å². The fraction of sp³-hybridized carbons (Fsp3) is 0.111. The van der Waals surface area contributed by atoms with Gasteiger partial charge in [-0.25, -0.2) is 14.8 Å². The molecule has 0 saturated heterocycles. The molecule has 118 valence electrons. The number of hydrogen-bond acceptors (Lipinski definition) is 6. The van der Waals surface area contributed by atoms with Crippen molar-refractivity contribution < 1.29 is 9.53 Å². The van der Waals surface area contributed by atoms with Gasteiger partial charge in [-0.1, -0.05) is 24.3 Å². The van der Waals surface area contributed by atoms with Crippen molar-refractivity contribution in [2.75, 3.05) is 18.5 Å². The minimum absolute atomic E-state index is 0.148. The second-order valence-electron chi connectivity index (χ2n) is 4.99. The first kappa shape index (κ1) is 15.4. The molecule has 6 heteroatoms. The number of rotatable bonds is 5. The Morgan fingerprint density at radius 2 is 2.00 bits per heavy atom. The van der Waals surface area contributed by atoms with Gasteiger partial charge in [0.2, 0.25) is 0 Å². The summed E-state index contributed by atoms with van der Waals surface area (Å²) < 4.78 is 5.20. The van der Waals surface area contributed by atoms with Crippen LogP contribution in [0.3, 0.4) is 0 Å². The Balaban J connectivity index is 1.56. The average Bonchev–Trinajstić information content (AvgIpc) is 2.65. The van der Waals surface area contributed by atoms with Gasteiger partial charge in [-0.15, -0.1) is 0 Å². The van der Waals surface area contributed by atoms with Crippen LogP contribution in [0.1, 0.15) is 16.1 Å². The van der Waals surface area contributed by atoms with E-state index in [1.54, 1.807) is 30.6 Å². The van der Waals surface area contributed by atoms with Crippen molar-refractivity contribution in [3.05, 3.63) is 66.1 Å². The standard InChI is InChI=1S/C18H14N4O2/c19-11-14-6-3-7-20-17(14)21-8-9-24-18(23)16-10-13-4-1-2-5-15(13)12-22-16/h1-7,10,12H,8-9H2,(H,20,21). The number of esters is 1. The van der Waals surface area contributed by atoms with Crippen molar-refractivity contribution in [3.63, 3.8) is 0 Å². The molecule has 6 nitrogen and oxygen atoms in total. The molecular formula is C18H14N4O2. The van der Waals surface area contributed by atoms with Crippen LogP contribution >= 0.6 is 0 Å². The molecule has 0 aliphatic heterocycles. The van der Waals surface area contributed by atoms with E-state index in [4.69, 9.17) is 10.00 Å². The zero-order valence-electron chi connectivity index (χ0n) is 12.8. The first-order chi connectivity index (χ1) is 11.8. The molecule has 0 bridgehead atoms. The molecule has 3 aromatic rings. The highest BCUT2D eigenvalue weighted by Crippen LogP contribution is 2.14. The number of ether oxygens (including phenoxy) is 1. The molecule has 0 atom stereocenters. The normalized spacial score (nSPS) is 10.1. The summed E-state index contributed by atoms with van der Waals surface area (Å²) >= 11 is 0. The zero-order chi connectivity index (χ0) is 16.8. The third-order valence-corrected chi connectivity index (χ3v) is 3.40. The molecule has 3 rings (SSSR count). The summed E-state index contributed by atoms with van der Waals surface area (Å²) in [5, 5.41) is 13.8. The quantitative estimate of drug-likeness (QED) is 0.575. The van der Waals surface area contributed by atoms with Gasteiger partial charge in [-0.05, 0) is 23.6 Å². The second-order valence-corrected chi connectivity index (χ2v) is 4.99. The van der Waals surface area contributed by atoms with Gasteiger partial charge in [0.25, 0.3) is 0 Å². The van der Waals surface area contributed by atoms with Crippen molar-refractivity contribution in [2.24, 2.45) is 0 Å². The first-order valence-corrected chi connectivity index (χ1v) is 7.39. The van der Waals surface area contributed by atoms with Gasteiger partial charge < -0.3 is 10.1 Å². The lowest BCUT2D eigenvalue weighted by atomic mass is 10.1. The van der Waals surface area contributed by atoms with E-state index in [9.17, 15) is 4.79 Å². The summed E-state index contributed by atoms with van der Waals surface area (Å²) in [6, 6.07) is 14.8. The number of hydrogen-bond donors (Lipinski definition) is 1. The third-order valence-electron chi connectivity index (χ3n) is 3.40. The number of carbonyl (C=O) groups is 1. The van der Waals surface area contributed by atoms with Gasteiger partial charge in [0.15, 0.2) is 0 Å². The zero-order valence-corrected chi connectivity index (χ0v) is 12.8. The number of nitrogens with zero attached hydrogens (tertiary/aromatic N) is 3. The smallest absolute Gasteiger partial charge is 0.357 e. The Morgan fingerprint density at radius 1 is 1.17 bits per heavy atom. The Hall–Kier alpha value is -3.46. The van der Waals surface area contributed by atoms with Crippen LogP contribution in [0.25, 0.3) is 10.8 Å². The number of nitriles is 1. The molecule has 1 N–H and O–H groups in total. The van der Waals surface area contributed by atoms with Gasteiger partial charge in [-0.2, -0.15) is 5.26 Å². The summed E-state index contributed by atoms with van der Waals surface area (Å²) in [7, 11) is 0. The van der Waals surface area contributed by atoms with E-state index in [0.29, 0.717) is 17.9 Å². The number of carbonyl (C=O) groups excluding carboxylic acids is 1. The van der Waals surface area contributed by atoms with Crippen LogP contribution < -0.4 is 5.32 Å². The van der Waals surface area contributed by atoms with Gasteiger partial charge >= 0.3 is 5.97 Å². The fourth-order valence-electron chi connectivity index (χ4n) is 2.22. The van der Waals surface area contributed by atoms with Crippen LogP contribution in [0.4, 0.5) is 5.82 Å². The van der Waals surface area contributed by atoms with Gasteiger partial charge in [0, 0.05) is 17.8 Å². The third kappa shape index (κ3) is 3.47. The van der Waals surface area contributed by atoms with Crippen LogP contribution in [0.15, 0.2) is 54.9 Å². The molecule has 2 aromatic heterocycles. The Bertz CT molecular complexity index is 918. The second kappa shape index (κ2) is 7.20. The number of benzene rings is 1. The predicted molar refractivity (Wildman–Crippen MR) is 89.5 cm³/mol. The fourth-order valence-corrected chi connectivity index (χ4v) is 2.22. The SMILES string of the molecule is N#Cc1cccnc1NCCOC(=O)c1cc2ccccc2cn1. The number of aromatic nitrogens is 2. The van der Waals surface area contributed by atoms with Gasteiger partial charge in [-0.3, -0.25) is 0 Å². The van der Waals surface area contributed by atoms with Crippen LogP contribution in [0, 0.1) is 11.3 Å². The average molecular weight is 318 g/mol. The number of pyridine rings is 2. The highest BCUT2D eigenvalue weighted by atomic mass is 16.5. The van der Waals surface area contributed by atoms with Crippen molar-refractivity contribution in [1.82, 2.24) is 9.97 Å². The van der Waals surface area contributed by atoms with Gasteiger partial charge in [0.1, 0.15) is 24.2 Å². The molecule has 0 spiro atoms. The van der Waals surface area contributed by atoms with Crippen LogP contribution in [-0.2, 0) is 4.74 Å². The Kier molecular flexibility index (Phi) is 4.63. The first-order valence-electron chi connectivity index (χ1n) is 7.39. The van der Waals surface area contributed by atoms with E-state index in [1.807, 2.05) is 30.3 Å².